The number of nitrogens with zero attached hydrogens (tertiary/aromatic N) is 1. The molecule has 6 atom stereocenters. The molecule has 9 heteroatoms. The predicted molar refractivity (Wildman–Crippen MR) is 86.8 cm³/mol. The SMILES string of the molecule is CP(C)S[N+](N)(P)[C@@H]1CC(O)[C@H](O)C(CNC2CC2)O1. The Hall–Kier alpha value is 0.970. The monoisotopic (exact) mass is 342 g/mol. The smallest absolute Gasteiger partial charge is 0.225 e. The van der Waals surface area contributed by atoms with Crippen LogP contribution in [0.4, 0.5) is 0 Å². The fourth-order valence-electron chi connectivity index (χ4n) is 2.27. The Morgan fingerprint density at radius 2 is 2.10 bits per heavy atom. The Balaban J connectivity index is 1.95. The van der Waals surface area contributed by atoms with Crippen LogP contribution in [0.25, 0.3) is 0 Å². The van der Waals surface area contributed by atoms with Crippen molar-refractivity contribution in [2.75, 3.05) is 19.9 Å². The number of hydrogen-bond acceptors (Lipinski definition) is 6. The average molecular weight is 342 g/mol. The Labute approximate surface area is 128 Å². The van der Waals surface area contributed by atoms with Crippen LogP contribution in [0.2, 0.25) is 0 Å². The van der Waals surface area contributed by atoms with Crippen LogP contribution in [-0.4, -0.2) is 64.4 Å². The summed E-state index contributed by atoms with van der Waals surface area (Å²) in [6.45, 7) is 4.82. The molecule has 4 unspecified atom stereocenters. The van der Waals surface area contributed by atoms with Gasteiger partial charge >= 0.3 is 0 Å². The van der Waals surface area contributed by atoms with E-state index in [-0.39, 0.29) is 17.1 Å². The molecule has 2 aliphatic rings. The first-order valence-corrected chi connectivity index (χ1v) is 11.0. The molecule has 1 aliphatic heterocycles. The van der Waals surface area contributed by atoms with Crippen molar-refractivity contribution in [3.63, 3.8) is 0 Å². The molecular weight excluding hydrogens is 316 g/mol. The lowest BCUT2D eigenvalue weighted by Crippen LogP contribution is -2.60. The molecule has 6 nitrogen and oxygen atoms in total. The normalized spacial score (nSPS) is 38.0. The number of nitrogens with one attached hydrogen (secondary N) is 1. The van der Waals surface area contributed by atoms with Crippen molar-refractivity contribution in [3.05, 3.63) is 0 Å². The van der Waals surface area contributed by atoms with Crippen molar-refractivity contribution in [2.45, 2.75) is 49.8 Å². The summed E-state index contributed by atoms with van der Waals surface area (Å²) in [7, 11) is 2.34. The van der Waals surface area contributed by atoms with Gasteiger partial charge in [-0.05, 0) is 26.2 Å². The van der Waals surface area contributed by atoms with Crippen molar-refractivity contribution in [1.82, 2.24) is 5.32 Å². The maximum absolute atomic E-state index is 10.1. The van der Waals surface area contributed by atoms with Gasteiger partial charge in [0.25, 0.3) is 0 Å². The first kappa shape index (κ1) is 17.3. The van der Waals surface area contributed by atoms with Crippen molar-refractivity contribution in [2.24, 2.45) is 5.84 Å². The molecule has 1 aliphatic carbocycles. The highest BCUT2D eigenvalue weighted by molar-refractivity contribution is 8.52. The molecule has 0 radical (unpaired) electrons. The lowest BCUT2D eigenvalue weighted by Gasteiger charge is -2.42. The maximum atomic E-state index is 10.1. The van der Waals surface area contributed by atoms with Gasteiger partial charge < -0.3 is 20.3 Å². The zero-order valence-electron chi connectivity index (χ0n) is 12.0. The lowest BCUT2D eigenvalue weighted by molar-refractivity contribution is -0.740. The van der Waals surface area contributed by atoms with E-state index in [0.29, 0.717) is 19.0 Å². The molecule has 1 saturated carbocycles. The van der Waals surface area contributed by atoms with Crippen LogP contribution in [0.3, 0.4) is 0 Å². The average Bonchev–Trinajstić information content (AvgIpc) is 3.13. The van der Waals surface area contributed by atoms with Crippen molar-refractivity contribution in [1.29, 1.82) is 0 Å². The summed E-state index contributed by atoms with van der Waals surface area (Å²) in [5.41, 5.74) is 0. The Morgan fingerprint density at radius 3 is 2.65 bits per heavy atom. The largest absolute Gasteiger partial charge is 0.390 e. The van der Waals surface area contributed by atoms with Gasteiger partial charge in [0.15, 0.2) is 0 Å². The summed E-state index contributed by atoms with van der Waals surface area (Å²) >= 11 is 1.61. The van der Waals surface area contributed by atoms with Crippen LogP contribution in [0.5, 0.6) is 0 Å². The zero-order chi connectivity index (χ0) is 14.9. The second-order valence-corrected chi connectivity index (χ2v) is 12.1. The van der Waals surface area contributed by atoms with Crippen molar-refractivity contribution >= 4 is 28.1 Å². The van der Waals surface area contributed by atoms with E-state index in [1.165, 1.54) is 12.8 Å². The number of ether oxygens (including phenoxy) is 1. The van der Waals surface area contributed by atoms with Crippen molar-refractivity contribution in [3.8, 4) is 0 Å². The molecule has 1 saturated heterocycles. The molecular formula is C11H26N3O3P2S+. The van der Waals surface area contributed by atoms with Crippen LogP contribution in [0.1, 0.15) is 19.3 Å². The van der Waals surface area contributed by atoms with E-state index in [4.69, 9.17) is 10.6 Å². The number of aliphatic hydroxyl groups excluding tert-OH is 2. The first-order valence-electron chi connectivity index (χ1n) is 6.87. The molecule has 0 aromatic carbocycles. The zero-order valence-corrected chi connectivity index (χ0v) is 14.8. The van der Waals surface area contributed by atoms with E-state index in [0.717, 1.165) is 0 Å². The van der Waals surface area contributed by atoms with Crippen LogP contribution >= 0.6 is 28.1 Å². The van der Waals surface area contributed by atoms with Gasteiger partial charge in [0.05, 0.1) is 12.5 Å². The highest BCUT2D eigenvalue weighted by atomic mass is 32.7. The highest BCUT2D eigenvalue weighted by Gasteiger charge is 2.46. The van der Waals surface area contributed by atoms with Crippen LogP contribution in [0, 0.1) is 0 Å². The number of rotatable bonds is 6. The molecule has 118 valence electrons. The lowest BCUT2D eigenvalue weighted by atomic mass is 10.0. The molecule has 20 heavy (non-hydrogen) atoms. The van der Waals surface area contributed by atoms with Gasteiger partial charge in [0, 0.05) is 19.7 Å². The molecule has 0 bridgehead atoms. The Kier molecular flexibility index (Phi) is 6.09. The minimum absolute atomic E-state index is 0.0857. The number of quaternary nitrogens is 1. The maximum Gasteiger partial charge on any atom is 0.225 e. The van der Waals surface area contributed by atoms with Gasteiger partial charge in [-0.25, -0.2) is 0 Å². The Morgan fingerprint density at radius 1 is 1.45 bits per heavy atom. The van der Waals surface area contributed by atoms with Gasteiger partial charge in [-0.3, -0.25) is 0 Å². The quantitative estimate of drug-likeness (QED) is 0.241. The molecule has 1 heterocycles. The molecule has 0 aromatic heterocycles. The van der Waals surface area contributed by atoms with E-state index in [1.807, 2.05) is 0 Å². The van der Waals surface area contributed by atoms with Gasteiger partial charge in [-0.15, -0.1) is 3.77 Å². The summed E-state index contributed by atoms with van der Waals surface area (Å²) in [6.07, 6.45) is 0.324. The number of aliphatic hydroxyl groups is 2. The minimum Gasteiger partial charge on any atom is -0.390 e. The molecule has 0 amide bonds. The summed E-state index contributed by atoms with van der Waals surface area (Å²) in [5.74, 6) is 6.27. The van der Waals surface area contributed by atoms with E-state index in [2.05, 4.69) is 28.0 Å². The fourth-order valence-corrected chi connectivity index (χ4v) is 6.97. The van der Waals surface area contributed by atoms with Gasteiger partial charge in [-0.1, -0.05) is 0 Å². The second-order valence-electron chi connectivity index (χ2n) is 5.76. The molecule has 2 rings (SSSR count). The summed E-state index contributed by atoms with van der Waals surface area (Å²) in [5, 5.41) is 23.5. The molecule has 2 fully saturated rings. The third kappa shape index (κ3) is 4.73. The second kappa shape index (κ2) is 7.03. The van der Waals surface area contributed by atoms with Gasteiger partial charge in [-0.2, -0.15) is 5.84 Å². The van der Waals surface area contributed by atoms with E-state index < -0.39 is 18.3 Å². The van der Waals surface area contributed by atoms with Gasteiger partial charge in [0.1, 0.15) is 33.2 Å². The third-order valence-corrected chi connectivity index (χ3v) is 7.34. The van der Waals surface area contributed by atoms with Gasteiger partial charge in [0.2, 0.25) is 6.23 Å². The standard InChI is InChI=1S/C11H26N3O3P2S/c1-19(2)20-14(12,18)10-5-8(15)11(16)9(17-10)6-13-7-3-4-7/h7-11,13,15-16H,3-6,12,18H2,1-2H3/q+1/t8?,9?,10-,11-,14?/m0/s1. The predicted octanol–water partition coefficient (Wildman–Crippen LogP) is 0.360. The molecule has 5 N–H and O–H groups in total. The summed E-state index contributed by atoms with van der Waals surface area (Å²) in [4.78, 5) is 0. The van der Waals surface area contributed by atoms with Crippen LogP contribution in [0.15, 0.2) is 0 Å². The molecule has 0 aromatic rings. The number of nitrogens with two attached hydrogens (primary N) is 1. The number of hydrogen-bond donors (Lipinski definition) is 4. The molecule has 0 spiro atoms. The summed E-state index contributed by atoms with van der Waals surface area (Å²) < 4.78 is 6.04. The topological polar surface area (TPSA) is 87.7 Å². The highest BCUT2D eigenvalue weighted by Crippen LogP contribution is 2.51. The van der Waals surface area contributed by atoms with E-state index in [9.17, 15) is 10.2 Å². The summed E-state index contributed by atoms with van der Waals surface area (Å²) in [6, 6.07) is 0.546. The van der Waals surface area contributed by atoms with E-state index in [1.54, 1.807) is 11.6 Å². The van der Waals surface area contributed by atoms with Crippen LogP contribution in [-0.2, 0) is 4.74 Å². The van der Waals surface area contributed by atoms with Crippen LogP contribution < -0.4 is 11.2 Å². The first-order chi connectivity index (χ1) is 9.29. The van der Waals surface area contributed by atoms with E-state index >= 15 is 0 Å². The Bertz CT molecular complexity index is 334. The van der Waals surface area contributed by atoms with Crippen molar-refractivity contribution < 1.29 is 18.7 Å². The third-order valence-electron chi connectivity index (χ3n) is 3.49. The fraction of sp³-hybridized carbons (Fsp3) is 1.00. The minimum atomic E-state index is -0.850.